The molecular formula is C28H44S2. The molecule has 0 radical (unpaired) electrons. The molecule has 0 amide bonds. The maximum Gasteiger partial charge on any atom is 0.0384 e. The molecule has 2 heterocycles. The van der Waals surface area contributed by atoms with Crippen LogP contribution >= 0.6 is 22.7 Å². The van der Waals surface area contributed by atoms with Crippen molar-refractivity contribution in [1.82, 2.24) is 0 Å². The molecule has 0 aliphatic rings. The fourth-order valence-corrected chi connectivity index (χ4v) is 6.54. The maximum absolute atomic E-state index is 2.40. The Morgan fingerprint density at radius 2 is 1.23 bits per heavy atom. The van der Waals surface area contributed by atoms with Crippen molar-refractivity contribution in [3.05, 3.63) is 34.0 Å². The summed E-state index contributed by atoms with van der Waals surface area (Å²) in [4.78, 5) is 0. The van der Waals surface area contributed by atoms with Crippen LogP contribution in [0.25, 0.3) is 20.2 Å². The van der Waals surface area contributed by atoms with Gasteiger partial charge in [-0.1, -0.05) is 86.0 Å². The summed E-state index contributed by atoms with van der Waals surface area (Å²) >= 11 is 3.94. The number of hydrogen-bond donors (Lipinski definition) is 0. The van der Waals surface area contributed by atoms with Gasteiger partial charge < -0.3 is 0 Å². The molecule has 0 bridgehead atoms. The van der Waals surface area contributed by atoms with E-state index < -0.39 is 0 Å². The highest BCUT2D eigenvalue weighted by Gasteiger charge is 2.17. The van der Waals surface area contributed by atoms with Crippen LogP contribution in [-0.2, 0) is 12.8 Å². The lowest BCUT2D eigenvalue weighted by molar-refractivity contribution is 0.433. The van der Waals surface area contributed by atoms with Gasteiger partial charge in [-0.2, -0.15) is 0 Å². The van der Waals surface area contributed by atoms with E-state index in [9.17, 15) is 0 Å². The van der Waals surface area contributed by atoms with Crippen LogP contribution in [0.2, 0.25) is 0 Å². The van der Waals surface area contributed by atoms with Gasteiger partial charge in [-0.3, -0.25) is 0 Å². The molecule has 0 saturated heterocycles. The van der Waals surface area contributed by atoms with Gasteiger partial charge in [0.1, 0.15) is 0 Å². The Kier molecular flexibility index (Phi) is 12.1. The monoisotopic (exact) mass is 444 g/mol. The van der Waals surface area contributed by atoms with Crippen LogP contribution in [0, 0.1) is 5.92 Å². The standard InChI is InChI=1S/C25H36S2.C3H8/c1-4-7-8-9-10-12-20-22-15-17-27-25(22)21(23-16-18-26-24(20)23)14-13-19(6-3)11-5-2;1-3-2/h15-19H,4-14H2,1-3H3;3H2,1-2H3. The van der Waals surface area contributed by atoms with Gasteiger partial charge >= 0.3 is 0 Å². The van der Waals surface area contributed by atoms with Crippen molar-refractivity contribution in [2.24, 2.45) is 5.92 Å². The second-order valence-electron chi connectivity index (χ2n) is 8.76. The van der Waals surface area contributed by atoms with E-state index in [0.29, 0.717) is 0 Å². The van der Waals surface area contributed by atoms with E-state index in [1.807, 2.05) is 22.7 Å². The quantitative estimate of drug-likeness (QED) is 0.244. The maximum atomic E-state index is 2.40. The zero-order valence-corrected chi connectivity index (χ0v) is 21.8. The summed E-state index contributed by atoms with van der Waals surface area (Å²) in [6, 6.07) is 4.79. The van der Waals surface area contributed by atoms with Gasteiger partial charge in [0.2, 0.25) is 0 Å². The number of hydrogen-bond acceptors (Lipinski definition) is 2. The minimum Gasteiger partial charge on any atom is -0.143 e. The molecule has 3 aromatic rings. The van der Waals surface area contributed by atoms with Crippen molar-refractivity contribution in [3.63, 3.8) is 0 Å². The molecule has 3 rings (SSSR count). The van der Waals surface area contributed by atoms with Crippen LogP contribution in [0.4, 0.5) is 0 Å². The molecule has 30 heavy (non-hydrogen) atoms. The number of benzene rings is 1. The Morgan fingerprint density at radius 3 is 1.77 bits per heavy atom. The SMILES string of the molecule is CCC.CCCCCCCc1c2ccsc2c(CCC(CC)CCC)c2ccsc12. The van der Waals surface area contributed by atoms with Gasteiger partial charge in [-0.25, -0.2) is 0 Å². The van der Waals surface area contributed by atoms with Gasteiger partial charge in [0, 0.05) is 9.40 Å². The van der Waals surface area contributed by atoms with Crippen molar-refractivity contribution < 1.29 is 0 Å². The fourth-order valence-electron chi connectivity index (χ4n) is 4.52. The first kappa shape index (κ1) is 25.4. The number of fused-ring (bicyclic) bond motifs is 2. The van der Waals surface area contributed by atoms with Crippen LogP contribution in [0.5, 0.6) is 0 Å². The summed E-state index contributed by atoms with van der Waals surface area (Å²) < 4.78 is 3.16. The normalized spacial score (nSPS) is 12.3. The molecule has 0 fully saturated rings. The molecule has 0 saturated carbocycles. The molecule has 1 aromatic carbocycles. The van der Waals surface area contributed by atoms with Crippen LogP contribution in [0.15, 0.2) is 22.9 Å². The Bertz CT molecular complexity index is 787. The largest absolute Gasteiger partial charge is 0.143 e. The lowest BCUT2D eigenvalue weighted by Gasteiger charge is -2.16. The lowest BCUT2D eigenvalue weighted by atomic mass is 9.90. The van der Waals surface area contributed by atoms with Crippen molar-refractivity contribution in [2.75, 3.05) is 0 Å². The van der Waals surface area contributed by atoms with Crippen molar-refractivity contribution in [1.29, 1.82) is 0 Å². The van der Waals surface area contributed by atoms with Crippen LogP contribution in [-0.4, -0.2) is 0 Å². The summed E-state index contributed by atoms with van der Waals surface area (Å²) in [6.45, 7) is 11.2. The van der Waals surface area contributed by atoms with E-state index >= 15 is 0 Å². The Morgan fingerprint density at radius 1 is 0.667 bits per heavy atom. The first-order valence-electron chi connectivity index (χ1n) is 12.6. The Balaban J connectivity index is 0.00000101. The fraction of sp³-hybridized carbons (Fsp3) is 0.643. The number of thiophene rings is 2. The average molecular weight is 445 g/mol. The van der Waals surface area contributed by atoms with E-state index in [2.05, 4.69) is 57.5 Å². The van der Waals surface area contributed by atoms with Gasteiger partial charge in [0.25, 0.3) is 0 Å². The third-order valence-corrected chi connectivity index (χ3v) is 8.08. The molecule has 1 atom stereocenters. The minimum atomic E-state index is 0.886. The predicted octanol–water partition coefficient (Wildman–Crippen LogP) is 10.8. The molecule has 1 unspecified atom stereocenters. The summed E-state index contributed by atoms with van der Waals surface area (Å²) in [5.74, 6) is 0.886. The summed E-state index contributed by atoms with van der Waals surface area (Å²) in [5, 5.41) is 7.76. The molecule has 2 aromatic heterocycles. The Labute approximate surface area is 194 Å². The van der Waals surface area contributed by atoms with Crippen LogP contribution in [0.1, 0.15) is 110 Å². The Hall–Kier alpha value is -0.860. The highest BCUT2D eigenvalue weighted by Crippen LogP contribution is 2.40. The summed E-state index contributed by atoms with van der Waals surface area (Å²) in [7, 11) is 0. The van der Waals surface area contributed by atoms with Gasteiger partial charge in [-0.15, -0.1) is 22.7 Å². The summed E-state index contributed by atoms with van der Waals surface area (Å²) in [5.41, 5.74) is 3.28. The first-order chi connectivity index (χ1) is 14.7. The average Bonchev–Trinajstić information content (AvgIpc) is 3.42. The van der Waals surface area contributed by atoms with Gasteiger partial charge in [0.15, 0.2) is 0 Å². The van der Waals surface area contributed by atoms with E-state index in [1.54, 1.807) is 31.3 Å². The highest BCUT2D eigenvalue weighted by atomic mass is 32.1. The second kappa shape index (κ2) is 14.2. The third kappa shape index (κ3) is 6.82. The van der Waals surface area contributed by atoms with E-state index in [1.165, 1.54) is 77.0 Å². The van der Waals surface area contributed by atoms with Crippen LogP contribution in [0.3, 0.4) is 0 Å². The highest BCUT2D eigenvalue weighted by molar-refractivity contribution is 7.19. The first-order valence-corrected chi connectivity index (χ1v) is 14.4. The number of rotatable bonds is 12. The zero-order valence-electron chi connectivity index (χ0n) is 20.2. The number of aryl methyl sites for hydroxylation is 2. The molecule has 0 nitrogen and oxygen atoms in total. The molecule has 168 valence electrons. The predicted molar refractivity (Wildman–Crippen MR) is 143 cm³/mol. The second-order valence-corrected chi connectivity index (χ2v) is 10.6. The molecule has 0 aliphatic heterocycles. The van der Waals surface area contributed by atoms with E-state index in [-0.39, 0.29) is 0 Å². The minimum absolute atomic E-state index is 0.886. The zero-order chi connectivity index (χ0) is 21.8. The molecule has 0 N–H and O–H groups in total. The van der Waals surface area contributed by atoms with E-state index in [0.717, 1.165) is 5.92 Å². The van der Waals surface area contributed by atoms with Crippen molar-refractivity contribution >= 4 is 42.8 Å². The third-order valence-electron chi connectivity index (χ3n) is 6.14. The van der Waals surface area contributed by atoms with E-state index in [4.69, 9.17) is 0 Å². The molecule has 2 heteroatoms. The topological polar surface area (TPSA) is 0 Å². The lowest BCUT2D eigenvalue weighted by Crippen LogP contribution is -2.01. The van der Waals surface area contributed by atoms with Crippen molar-refractivity contribution in [3.8, 4) is 0 Å². The number of unbranched alkanes of at least 4 members (excludes halogenated alkanes) is 4. The molecule has 0 aliphatic carbocycles. The van der Waals surface area contributed by atoms with Crippen molar-refractivity contribution in [2.45, 2.75) is 112 Å². The van der Waals surface area contributed by atoms with Gasteiger partial charge in [-0.05, 0) is 76.4 Å². The van der Waals surface area contributed by atoms with Gasteiger partial charge in [0.05, 0.1) is 0 Å². The molecular weight excluding hydrogens is 400 g/mol. The molecule has 0 spiro atoms. The summed E-state index contributed by atoms with van der Waals surface area (Å²) in [6.07, 6.45) is 15.9. The smallest absolute Gasteiger partial charge is 0.0384 e. The van der Waals surface area contributed by atoms with Crippen LogP contribution < -0.4 is 0 Å².